The van der Waals surface area contributed by atoms with E-state index in [0.717, 1.165) is 6.42 Å². The Labute approximate surface area is 177 Å². The maximum absolute atomic E-state index is 11.4. The average molecular weight is 405 g/mol. The van der Waals surface area contributed by atoms with Gasteiger partial charge in [0.2, 0.25) is 0 Å². The van der Waals surface area contributed by atoms with Crippen LogP contribution in [0.3, 0.4) is 0 Å². The molecule has 156 valence electrons. The van der Waals surface area contributed by atoms with E-state index >= 15 is 0 Å². The molecule has 0 aliphatic rings. The van der Waals surface area contributed by atoms with Crippen LogP contribution in [0.1, 0.15) is 52.4 Å². The Bertz CT molecular complexity index is 921. The van der Waals surface area contributed by atoms with Crippen molar-refractivity contribution < 1.29 is 15.0 Å². The molecule has 0 saturated carbocycles. The van der Waals surface area contributed by atoms with Crippen molar-refractivity contribution in [1.29, 1.82) is 0 Å². The number of aliphatic hydroxyl groups excluding tert-OH is 1. The molecule has 3 rings (SSSR count). The molecular weight excluding hydrogens is 376 g/mol. The Morgan fingerprint density at radius 2 is 1.50 bits per heavy atom. The number of hydrogen-bond acceptors (Lipinski definition) is 4. The number of phenols is 1. The van der Waals surface area contributed by atoms with Gasteiger partial charge in [0.25, 0.3) is 5.91 Å². The predicted octanol–water partition coefficient (Wildman–Crippen LogP) is 3.72. The van der Waals surface area contributed by atoms with Gasteiger partial charge in [-0.05, 0) is 42.2 Å². The number of primary amides is 1. The Morgan fingerprint density at radius 3 is 2.03 bits per heavy atom. The number of aliphatic hydroxyl groups is 1. The number of carbonyl (C=O) groups excluding carboxylic acids is 1. The van der Waals surface area contributed by atoms with E-state index in [2.05, 4.69) is 36.5 Å². The molecule has 30 heavy (non-hydrogen) atoms. The molecule has 0 aromatic heterocycles. The van der Waals surface area contributed by atoms with Crippen molar-refractivity contribution in [1.82, 2.24) is 5.32 Å². The van der Waals surface area contributed by atoms with E-state index in [1.165, 1.54) is 23.3 Å². The SMILES string of the molecule is C[C@H](CC(c1ccccc1)c1ccccc1)NC[C@H](O)c1ccc(O)c(C(N)=O)c1. The van der Waals surface area contributed by atoms with Gasteiger partial charge in [0.1, 0.15) is 5.75 Å². The van der Waals surface area contributed by atoms with E-state index in [9.17, 15) is 15.0 Å². The molecular formula is C25H28N2O3. The van der Waals surface area contributed by atoms with Crippen molar-refractivity contribution in [3.05, 3.63) is 101 Å². The second-order valence-electron chi connectivity index (χ2n) is 7.58. The Morgan fingerprint density at radius 1 is 0.933 bits per heavy atom. The summed E-state index contributed by atoms with van der Waals surface area (Å²) in [5.41, 5.74) is 8.32. The van der Waals surface area contributed by atoms with E-state index in [-0.39, 0.29) is 23.3 Å². The average Bonchev–Trinajstić information content (AvgIpc) is 2.77. The number of carbonyl (C=O) groups is 1. The summed E-state index contributed by atoms with van der Waals surface area (Å²) in [7, 11) is 0. The van der Waals surface area contributed by atoms with Crippen LogP contribution in [0.15, 0.2) is 78.9 Å². The lowest BCUT2D eigenvalue weighted by atomic mass is 9.86. The molecule has 1 amide bonds. The van der Waals surface area contributed by atoms with Crippen LogP contribution < -0.4 is 11.1 Å². The summed E-state index contributed by atoms with van der Waals surface area (Å²) < 4.78 is 0. The summed E-state index contributed by atoms with van der Waals surface area (Å²) in [5, 5.41) is 23.6. The van der Waals surface area contributed by atoms with Crippen molar-refractivity contribution in [3.8, 4) is 5.75 Å². The minimum Gasteiger partial charge on any atom is -0.507 e. The number of hydrogen-bond donors (Lipinski definition) is 4. The molecule has 3 aromatic rings. The van der Waals surface area contributed by atoms with Gasteiger partial charge in [0.05, 0.1) is 11.7 Å². The molecule has 3 aromatic carbocycles. The fourth-order valence-corrected chi connectivity index (χ4v) is 3.66. The van der Waals surface area contributed by atoms with Crippen molar-refractivity contribution in [3.63, 3.8) is 0 Å². The molecule has 5 N–H and O–H groups in total. The highest BCUT2D eigenvalue weighted by molar-refractivity contribution is 5.95. The number of amides is 1. The standard InChI is InChI=1S/C25H28N2O3/c1-17(27-16-24(29)20-12-13-23(28)22(15-20)25(26)30)14-21(18-8-4-2-5-9-18)19-10-6-3-7-11-19/h2-13,15,17,21,24,27-29H,14,16H2,1H3,(H2,26,30)/t17-,24+/m1/s1. The molecule has 0 unspecified atom stereocenters. The summed E-state index contributed by atoms with van der Waals surface area (Å²) in [6.07, 6.45) is 0.0427. The third-order valence-electron chi connectivity index (χ3n) is 5.32. The molecule has 0 aliphatic carbocycles. The van der Waals surface area contributed by atoms with Gasteiger partial charge in [0, 0.05) is 18.5 Å². The van der Waals surface area contributed by atoms with Gasteiger partial charge < -0.3 is 21.3 Å². The van der Waals surface area contributed by atoms with Gasteiger partial charge in [-0.3, -0.25) is 4.79 Å². The van der Waals surface area contributed by atoms with Crippen LogP contribution in [-0.4, -0.2) is 28.7 Å². The fourth-order valence-electron chi connectivity index (χ4n) is 3.66. The zero-order valence-electron chi connectivity index (χ0n) is 17.0. The smallest absolute Gasteiger partial charge is 0.252 e. The summed E-state index contributed by atoms with van der Waals surface area (Å²) in [6, 6.07) is 25.3. The summed E-state index contributed by atoms with van der Waals surface area (Å²) in [4.78, 5) is 11.4. The number of rotatable bonds is 9. The van der Waals surface area contributed by atoms with Crippen LogP contribution in [0.25, 0.3) is 0 Å². The minimum atomic E-state index is -0.821. The van der Waals surface area contributed by atoms with Gasteiger partial charge in [-0.25, -0.2) is 0 Å². The Hall–Kier alpha value is -3.15. The van der Waals surface area contributed by atoms with E-state index < -0.39 is 12.0 Å². The van der Waals surface area contributed by atoms with Crippen LogP contribution >= 0.6 is 0 Å². The zero-order valence-corrected chi connectivity index (χ0v) is 17.0. The zero-order chi connectivity index (χ0) is 21.5. The number of nitrogens with two attached hydrogens (primary N) is 1. The maximum atomic E-state index is 11.4. The Kier molecular flexibility index (Phi) is 7.22. The van der Waals surface area contributed by atoms with E-state index in [0.29, 0.717) is 12.1 Å². The highest BCUT2D eigenvalue weighted by atomic mass is 16.3. The van der Waals surface area contributed by atoms with Gasteiger partial charge in [-0.2, -0.15) is 0 Å². The minimum absolute atomic E-state index is 0.00724. The number of nitrogens with one attached hydrogen (secondary N) is 1. The summed E-state index contributed by atoms with van der Waals surface area (Å²) >= 11 is 0. The van der Waals surface area contributed by atoms with Gasteiger partial charge >= 0.3 is 0 Å². The van der Waals surface area contributed by atoms with Crippen molar-refractivity contribution in [2.75, 3.05) is 6.54 Å². The fraction of sp³-hybridized carbons (Fsp3) is 0.240. The second kappa shape index (κ2) is 10.1. The predicted molar refractivity (Wildman–Crippen MR) is 118 cm³/mol. The molecule has 5 heteroatoms. The third-order valence-corrected chi connectivity index (χ3v) is 5.32. The molecule has 0 aliphatic heterocycles. The molecule has 0 saturated heterocycles. The summed E-state index contributed by atoms with van der Waals surface area (Å²) in [6.45, 7) is 2.41. The normalized spacial score (nSPS) is 13.2. The monoisotopic (exact) mass is 404 g/mol. The second-order valence-corrected chi connectivity index (χ2v) is 7.58. The molecule has 0 spiro atoms. The van der Waals surface area contributed by atoms with E-state index in [4.69, 9.17) is 5.73 Å². The summed E-state index contributed by atoms with van der Waals surface area (Å²) in [5.74, 6) is -0.674. The molecule has 0 radical (unpaired) electrons. The van der Waals surface area contributed by atoms with Crippen LogP contribution in [0.2, 0.25) is 0 Å². The maximum Gasteiger partial charge on any atom is 0.252 e. The first-order valence-electron chi connectivity index (χ1n) is 10.1. The molecule has 0 bridgehead atoms. The largest absolute Gasteiger partial charge is 0.507 e. The van der Waals surface area contributed by atoms with E-state index in [1.807, 2.05) is 36.4 Å². The molecule has 5 nitrogen and oxygen atoms in total. The number of benzene rings is 3. The van der Waals surface area contributed by atoms with Crippen LogP contribution in [-0.2, 0) is 0 Å². The highest BCUT2D eigenvalue weighted by Gasteiger charge is 2.19. The van der Waals surface area contributed by atoms with Gasteiger partial charge in [0.15, 0.2) is 0 Å². The first kappa shape index (κ1) is 21.6. The third kappa shape index (κ3) is 5.47. The lowest BCUT2D eigenvalue weighted by Crippen LogP contribution is -2.32. The molecule has 2 atom stereocenters. The van der Waals surface area contributed by atoms with E-state index in [1.54, 1.807) is 6.07 Å². The molecule has 0 fully saturated rings. The first-order valence-corrected chi connectivity index (χ1v) is 10.1. The quantitative estimate of drug-likeness (QED) is 0.437. The van der Waals surface area contributed by atoms with Crippen molar-refractivity contribution in [2.24, 2.45) is 5.73 Å². The lowest BCUT2D eigenvalue weighted by molar-refractivity contribution is 0.0997. The van der Waals surface area contributed by atoms with Crippen LogP contribution in [0.4, 0.5) is 0 Å². The van der Waals surface area contributed by atoms with Gasteiger partial charge in [-0.15, -0.1) is 0 Å². The van der Waals surface area contributed by atoms with Crippen molar-refractivity contribution in [2.45, 2.75) is 31.4 Å². The lowest BCUT2D eigenvalue weighted by Gasteiger charge is -2.24. The highest BCUT2D eigenvalue weighted by Crippen LogP contribution is 2.29. The van der Waals surface area contributed by atoms with Crippen molar-refractivity contribution >= 4 is 5.91 Å². The van der Waals surface area contributed by atoms with Crippen LogP contribution in [0.5, 0.6) is 5.75 Å². The van der Waals surface area contributed by atoms with Gasteiger partial charge in [-0.1, -0.05) is 66.7 Å². The number of aromatic hydroxyl groups is 1. The first-order chi connectivity index (χ1) is 14.5. The Balaban J connectivity index is 1.67. The van der Waals surface area contributed by atoms with Crippen LogP contribution in [0, 0.1) is 0 Å². The topological polar surface area (TPSA) is 95.6 Å². The molecule has 0 heterocycles.